The van der Waals surface area contributed by atoms with Crippen LogP contribution in [-0.2, 0) is 4.79 Å². The number of benzene rings is 3. The summed E-state index contributed by atoms with van der Waals surface area (Å²) in [6.07, 6.45) is 0. The Hall–Kier alpha value is -3.27. The number of anilines is 2. The second-order valence-corrected chi connectivity index (χ2v) is 5.68. The summed E-state index contributed by atoms with van der Waals surface area (Å²) in [6, 6.07) is 26.7. The van der Waals surface area contributed by atoms with E-state index in [-0.39, 0.29) is 12.5 Å². The van der Waals surface area contributed by atoms with Gasteiger partial charge in [0.15, 0.2) is 0 Å². The van der Waals surface area contributed by atoms with Crippen molar-refractivity contribution in [1.29, 1.82) is 0 Å². The van der Waals surface area contributed by atoms with E-state index in [2.05, 4.69) is 5.32 Å². The van der Waals surface area contributed by atoms with Gasteiger partial charge >= 0.3 is 0 Å². The molecular formula is C21H20N2O2. The third-order valence-corrected chi connectivity index (χ3v) is 3.69. The highest BCUT2D eigenvalue weighted by Crippen LogP contribution is 2.22. The lowest BCUT2D eigenvalue weighted by atomic mass is 10.3. The summed E-state index contributed by atoms with van der Waals surface area (Å²) in [5.74, 6) is 1.44. The van der Waals surface area contributed by atoms with E-state index in [0.717, 1.165) is 22.9 Å². The Morgan fingerprint density at radius 3 is 2.04 bits per heavy atom. The molecule has 4 heteroatoms. The molecule has 0 saturated carbocycles. The van der Waals surface area contributed by atoms with Crippen molar-refractivity contribution in [2.75, 3.05) is 23.8 Å². The molecule has 3 rings (SSSR count). The van der Waals surface area contributed by atoms with Gasteiger partial charge in [0, 0.05) is 18.4 Å². The van der Waals surface area contributed by atoms with Crippen LogP contribution in [0.15, 0.2) is 84.9 Å². The Bertz CT molecular complexity index is 802. The molecule has 0 heterocycles. The van der Waals surface area contributed by atoms with E-state index < -0.39 is 0 Å². The number of likely N-dealkylation sites (N-methyl/N-ethyl adjacent to an activating group) is 1. The topological polar surface area (TPSA) is 41.6 Å². The molecule has 0 saturated heterocycles. The molecule has 0 aliphatic heterocycles. The fraction of sp³-hybridized carbons (Fsp3) is 0.0952. The molecule has 0 radical (unpaired) electrons. The molecule has 3 aromatic rings. The first-order chi connectivity index (χ1) is 12.2. The summed E-state index contributed by atoms with van der Waals surface area (Å²) >= 11 is 0. The molecule has 3 aromatic carbocycles. The molecule has 0 atom stereocenters. The average molecular weight is 332 g/mol. The zero-order valence-electron chi connectivity index (χ0n) is 14.1. The van der Waals surface area contributed by atoms with Gasteiger partial charge in [-0.05, 0) is 48.5 Å². The van der Waals surface area contributed by atoms with Crippen LogP contribution in [0, 0.1) is 0 Å². The highest BCUT2D eigenvalue weighted by Gasteiger charge is 2.07. The van der Waals surface area contributed by atoms with Gasteiger partial charge in [-0.3, -0.25) is 4.79 Å². The van der Waals surface area contributed by atoms with Crippen LogP contribution in [0.3, 0.4) is 0 Å². The maximum atomic E-state index is 12.2. The zero-order valence-corrected chi connectivity index (χ0v) is 14.1. The van der Waals surface area contributed by atoms with Gasteiger partial charge < -0.3 is 15.0 Å². The molecule has 0 fully saturated rings. The molecule has 0 aromatic heterocycles. The number of hydrogen-bond donors (Lipinski definition) is 1. The van der Waals surface area contributed by atoms with Gasteiger partial charge in [0.2, 0.25) is 5.91 Å². The fourth-order valence-electron chi connectivity index (χ4n) is 2.42. The largest absolute Gasteiger partial charge is 0.457 e. The van der Waals surface area contributed by atoms with E-state index in [1.54, 1.807) is 0 Å². The summed E-state index contributed by atoms with van der Waals surface area (Å²) in [7, 11) is 1.89. The molecule has 1 amide bonds. The lowest BCUT2D eigenvalue weighted by molar-refractivity contribution is -0.114. The van der Waals surface area contributed by atoms with Gasteiger partial charge in [0.05, 0.1) is 6.54 Å². The lowest BCUT2D eigenvalue weighted by Gasteiger charge is -2.18. The number of rotatable bonds is 6. The van der Waals surface area contributed by atoms with Gasteiger partial charge in [-0.1, -0.05) is 36.4 Å². The standard InChI is InChI=1S/C21H20N2O2/c1-23(18-8-4-2-5-9-18)16-21(24)22-17-12-14-20(15-13-17)25-19-10-6-3-7-11-19/h2-15H,16H2,1H3,(H,22,24). The quantitative estimate of drug-likeness (QED) is 0.720. The van der Waals surface area contributed by atoms with Gasteiger partial charge in [-0.2, -0.15) is 0 Å². The number of nitrogens with one attached hydrogen (secondary N) is 1. The number of carbonyl (C=O) groups excluding carboxylic acids is 1. The van der Waals surface area contributed by atoms with Crippen LogP contribution in [0.25, 0.3) is 0 Å². The SMILES string of the molecule is CN(CC(=O)Nc1ccc(Oc2ccccc2)cc1)c1ccccc1. The third kappa shape index (κ3) is 4.85. The smallest absolute Gasteiger partial charge is 0.243 e. The predicted molar refractivity (Wildman–Crippen MR) is 101 cm³/mol. The summed E-state index contributed by atoms with van der Waals surface area (Å²) in [5.41, 5.74) is 1.75. The molecule has 0 aliphatic carbocycles. The Morgan fingerprint density at radius 1 is 0.840 bits per heavy atom. The molecule has 126 valence electrons. The second kappa shape index (κ2) is 8.02. The van der Waals surface area contributed by atoms with Crippen molar-refractivity contribution < 1.29 is 9.53 Å². The van der Waals surface area contributed by atoms with Crippen LogP contribution in [-0.4, -0.2) is 19.5 Å². The summed E-state index contributed by atoms with van der Waals surface area (Å²) < 4.78 is 5.74. The minimum Gasteiger partial charge on any atom is -0.457 e. The molecular weight excluding hydrogens is 312 g/mol. The van der Waals surface area contributed by atoms with Gasteiger partial charge in [0.1, 0.15) is 11.5 Å². The van der Waals surface area contributed by atoms with Crippen molar-refractivity contribution in [3.05, 3.63) is 84.9 Å². The number of nitrogens with zero attached hydrogens (tertiary/aromatic N) is 1. The van der Waals surface area contributed by atoms with Crippen LogP contribution in [0.4, 0.5) is 11.4 Å². The number of ether oxygens (including phenoxy) is 1. The van der Waals surface area contributed by atoms with Crippen LogP contribution in [0.2, 0.25) is 0 Å². The Balaban J connectivity index is 1.55. The number of hydrogen-bond acceptors (Lipinski definition) is 3. The average Bonchev–Trinajstić information content (AvgIpc) is 2.65. The number of amides is 1. The Labute approximate surface area is 147 Å². The van der Waals surface area contributed by atoms with Crippen LogP contribution in [0.1, 0.15) is 0 Å². The van der Waals surface area contributed by atoms with Gasteiger partial charge in [-0.25, -0.2) is 0 Å². The first-order valence-corrected chi connectivity index (χ1v) is 8.10. The van der Waals surface area contributed by atoms with Crippen molar-refractivity contribution in [3.8, 4) is 11.5 Å². The lowest BCUT2D eigenvalue weighted by Crippen LogP contribution is -2.29. The summed E-state index contributed by atoms with van der Waals surface area (Å²) in [6.45, 7) is 0.284. The van der Waals surface area contributed by atoms with E-state index in [4.69, 9.17) is 4.74 Å². The molecule has 0 unspecified atom stereocenters. The molecule has 25 heavy (non-hydrogen) atoms. The highest BCUT2D eigenvalue weighted by atomic mass is 16.5. The van der Waals surface area contributed by atoms with Gasteiger partial charge in [-0.15, -0.1) is 0 Å². The normalized spacial score (nSPS) is 10.1. The van der Waals surface area contributed by atoms with Crippen LogP contribution in [0.5, 0.6) is 11.5 Å². The van der Waals surface area contributed by atoms with Crippen LogP contribution >= 0.6 is 0 Å². The summed E-state index contributed by atoms with van der Waals surface area (Å²) in [5, 5.41) is 2.90. The predicted octanol–water partition coefficient (Wildman–Crippen LogP) is 4.55. The monoisotopic (exact) mass is 332 g/mol. The first-order valence-electron chi connectivity index (χ1n) is 8.10. The molecule has 0 spiro atoms. The zero-order chi connectivity index (χ0) is 17.5. The number of para-hydroxylation sites is 2. The second-order valence-electron chi connectivity index (χ2n) is 5.68. The van der Waals surface area contributed by atoms with E-state index in [1.807, 2.05) is 96.9 Å². The Morgan fingerprint density at radius 2 is 1.40 bits per heavy atom. The first kappa shape index (κ1) is 16.6. The van der Waals surface area contributed by atoms with Crippen molar-refractivity contribution >= 4 is 17.3 Å². The molecule has 4 nitrogen and oxygen atoms in total. The Kier molecular flexibility index (Phi) is 5.32. The molecule has 0 aliphatic rings. The van der Waals surface area contributed by atoms with E-state index in [9.17, 15) is 4.79 Å². The van der Waals surface area contributed by atoms with Crippen molar-refractivity contribution in [2.45, 2.75) is 0 Å². The van der Waals surface area contributed by atoms with Gasteiger partial charge in [0.25, 0.3) is 0 Å². The highest BCUT2D eigenvalue weighted by molar-refractivity contribution is 5.94. The third-order valence-electron chi connectivity index (χ3n) is 3.69. The van der Waals surface area contributed by atoms with Crippen molar-refractivity contribution in [2.24, 2.45) is 0 Å². The maximum Gasteiger partial charge on any atom is 0.243 e. The van der Waals surface area contributed by atoms with Crippen molar-refractivity contribution in [3.63, 3.8) is 0 Å². The fourth-order valence-corrected chi connectivity index (χ4v) is 2.42. The number of carbonyl (C=O) groups is 1. The maximum absolute atomic E-state index is 12.2. The van der Waals surface area contributed by atoms with E-state index >= 15 is 0 Å². The van der Waals surface area contributed by atoms with E-state index in [1.165, 1.54) is 0 Å². The minimum absolute atomic E-state index is 0.0666. The molecule has 1 N–H and O–H groups in total. The molecule has 0 bridgehead atoms. The van der Waals surface area contributed by atoms with Crippen LogP contribution < -0.4 is 15.0 Å². The summed E-state index contributed by atoms with van der Waals surface area (Å²) in [4.78, 5) is 14.1. The minimum atomic E-state index is -0.0666. The van der Waals surface area contributed by atoms with Crippen molar-refractivity contribution in [1.82, 2.24) is 0 Å². The van der Waals surface area contributed by atoms with E-state index in [0.29, 0.717) is 0 Å².